The van der Waals surface area contributed by atoms with Crippen molar-refractivity contribution in [1.29, 1.82) is 5.26 Å². The highest BCUT2D eigenvalue weighted by molar-refractivity contribution is 7.92. The fourth-order valence-corrected chi connectivity index (χ4v) is 4.98. The third-order valence-electron chi connectivity index (χ3n) is 4.07. The summed E-state index contributed by atoms with van der Waals surface area (Å²) in [6.07, 6.45) is 0. The minimum absolute atomic E-state index is 0.278. The molecule has 0 radical (unpaired) electrons. The second-order valence-electron chi connectivity index (χ2n) is 5.55. The summed E-state index contributed by atoms with van der Waals surface area (Å²) in [5.74, 6) is -0.791. The van der Waals surface area contributed by atoms with Crippen molar-refractivity contribution in [3.05, 3.63) is 64.7 Å². The quantitative estimate of drug-likeness (QED) is 0.861. The van der Waals surface area contributed by atoms with Crippen molar-refractivity contribution >= 4 is 21.4 Å². The predicted molar refractivity (Wildman–Crippen MR) is 85.4 cm³/mol. The molecule has 0 amide bonds. The van der Waals surface area contributed by atoms with E-state index in [0.717, 1.165) is 11.1 Å². The molecule has 3 nitrogen and oxygen atoms in total. The molecular formula is C17H14ClNO2S. The second-order valence-corrected chi connectivity index (χ2v) is 8.10. The van der Waals surface area contributed by atoms with E-state index < -0.39 is 21.0 Å². The van der Waals surface area contributed by atoms with Crippen molar-refractivity contribution in [2.75, 3.05) is 0 Å². The van der Waals surface area contributed by atoms with Crippen molar-refractivity contribution in [3.63, 3.8) is 0 Å². The van der Waals surface area contributed by atoms with Crippen LogP contribution in [-0.4, -0.2) is 13.7 Å². The number of benzene rings is 2. The average molecular weight is 332 g/mol. The average Bonchev–Trinajstić information content (AvgIpc) is 3.24. The van der Waals surface area contributed by atoms with E-state index in [9.17, 15) is 13.7 Å². The monoisotopic (exact) mass is 331 g/mol. The molecule has 0 N–H and O–H groups in total. The molecule has 0 aliphatic heterocycles. The van der Waals surface area contributed by atoms with E-state index in [1.165, 1.54) is 0 Å². The Kier molecular flexibility index (Phi) is 3.72. The van der Waals surface area contributed by atoms with Crippen LogP contribution in [0.2, 0.25) is 5.02 Å². The summed E-state index contributed by atoms with van der Waals surface area (Å²) in [5.41, 5.74) is 1.84. The molecule has 22 heavy (non-hydrogen) atoms. The molecule has 2 aromatic carbocycles. The molecule has 2 aromatic rings. The van der Waals surface area contributed by atoms with Crippen LogP contribution < -0.4 is 0 Å². The molecule has 0 saturated heterocycles. The number of nitrogens with zero attached hydrogens (tertiary/aromatic N) is 1. The molecule has 0 heterocycles. The van der Waals surface area contributed by atoms with Gasteiger partial charge < -0.3 is 0 Å². The lowest BCUT2D eigenvalue weighted by Crippen LogP contribution is -2.10. The van der Waals surface area contributed by atoms with E-state index in [-0.39, 0.29) is 10.8 Å². The Morgan fingerprint density at radius 3 is 2.18 bits per heavy atom. The Morgan fingerprint density at radius 1 is 1.05 bits per heavy atom. The van der Waals surface area contributed by atoms with Gasteiger partial charge in [-0.1, -0.05) is 41.4 Å². The maximum atomic E-state index is 12.7. The van der Waals surface area contributed by atoms with Gasteiger partial charge >= 0.3 is 0 Å². The molecule has 3 rings (SSSR count). The van der Waals surface area contributed by atoms with Crippen LogP contribution in [0.25, 0.3) is 0 Å². The Morgan fingerprint density at radius 2 is 1.64 bits per heavy atom. The number of aryl methyl sites for hydroxylation is 1. The van der Waals surface area contributed by atoms with E-state index in [0.29, 0.717) is 5.02 Å². The van der Waals surface area contributed by atoms with E-state index in [2.05, 4.69) is 6.07 Å². The van der Waals surface area contributed by atoms with Gasteiger partial charge in [0.05, 0.1) is 22.1 Å². The van der Waals surface area contributed by atoms with Gasteiger partial charge in [-0.25, -0.2) is 8.42 Å². The third-order valence-corrected chi connectivity index (χ3v) is 6.55. The number of hydrogen-bond acceptors (Lipinski definition) is 3. The summed E-state index contributed by atoms with van der Waals surface area (Å²) >= 11 is 5.86. The lowest BCUT2D eigenvalue weighted by atomic mass is 10.1. The van der Waals surface area contributed by atoms with Crippen LogP contribution in [0.15, 0.2) is 53.4 Å². The molecule has 0 aromatic heterocycles. The lowest BCUT2D eigenvalue weighted by Gasteiger charge is -2.04. The molecule has 1 fully saturated rings. The molecular weight excluding hydrogens is 318 g/mol. The molecule has 112 valence electrons. The first-order valence-corrected chi connectivity index (χ1v) is 8.83. The van der Waals surface area contributed by atoms with Gasteiger partial charge in [0, 0.05) is 10.9 Å². The van der Waals surface area contributed by atoms with Crippen LogP contribution in [0.5, 0.6) is 0 Å². The van der Waals surface area contributed by atoms with Gasteiger partial charge in [0.1, 0.15) is 0 Å². The van der Waals surface area contributed by atoms with Crippen LogP contribution in [0.3, 0.4) is 0 Å². The van der Waals surface area contributed by atoms with Gasteiger partial charge in [-0.15, -0.1) is 0 Å². The van der Waals surface area contributed by atoms with E-state index in [1.54, 1.807) is 48.5 Å². The van der Waals surface area contributed by atoms with Crippen molar-refractivity contribution in [3.8, 4) is 6.07 Å². The SMILES string of the molecule is Cc1ccc(S(=O)(=O)[C@H]2[C@@H](C#N)[C@@H]2c2ccc(Cl)cc2)cc1. The van der Waals surface area contributed by atoms with Gasteiger partial charge in [-0.3, -0.25) is 0 Å². The highest BCUT2D eigenvalue weighted by Gasteiger charge is 2.59. The molecule has 3 atom stereocenters. The molecule has 0 spiro atoms. The van der Waals surface area contributed by atoms with Crippen LogP contribution in [0.4, 0.5) is 0 Å². The first kappa shape index (κ1) is 15.1. The largest absolute Gasteiger partial charge is 0.223 e. The zero-order chi connectivity index (χ0) is 15.9. The minimum Gasteiger partial charge on any atom is -0.223 e. The van der Waals surface area contributed by atoms with E-state index in [1.807, 2.05) is 6.92 Å². The smallest absolute Gasteiger partial charge is 0.183 e. The summed E-state index contributed by atoms with van der Waals surface area (Å²) in [5, 5.41) is 9.19. The second kappa shape index (κ2) is 5.42. The molecule has 0 unspecified atom stereocenters. The summed E-state index contributed by atoms with van der Waals surface area (Å²) < 4.78 is 25.5. The Hall–Kier alpha value is -1.83. The topological polar surface area (TPSA) is 57.9 Å². The van der Waals surface area contributed by atoms with Gasteiger partial charge in [0.2, 0.25) is 0 Å². The van der Waals surface area contributed by atoms with E-state index in [4.69, 9.17) is 11.6 Å². The number of nitriles is 1. The zero-order valence-corrected chi connectivity index (χ0v) is 13.5. The van der Waals surface area contributed by atoms with Crippen molar-refractivity contribution < 1.29 is 8.42 Å². The lowest BCUT2D eigenvalue weighted by molar-refractivity contribution is 0.593. The number of hydrogen-bond donors (Lipinski definition) is 0. The Labute approximate surface area is 135 Å². The highest BCUT2D eigenvalue weighted by Crippen LogP contribution is 2.53. The summed E-state index contributed by atoms with van der Waals surface area (Å²) in [4.78, 5) is 0.278. The molecule has 1 aliphatic rings. The minimum atomic E-state index is -3.51. The first-order valence-electron chi connectivity index (χ1n) is 6.91. The van der Waals surface area contributed by atoms with Crippen LogP contribution >= 0.6 is 11.6 Å². The van der Waals surface area contributed by atoms with Gasteiger partial charge in [0.15, 0.2) is 9.84 Å². The van der Waals surface area contributed by atoms with Crippen molar-refractivity contribution in [2.45, 2.75) is 23.0 Å². The van der Waals surface area contributed by atoms with Gasteiger partial charge in [-0.05, 0) is 36.8 Å². The van der Waals surface area contributed by atoms with Crippen LogP contribution in [0.1, 0.15) is 17.0 Å². The summed E-state index contributed by atoms with van der Waals surface area (Å²) in [7, 11) is -3.51. The fourth-order valence-electron chi connectivity index (χ4n) is 2.79. The Bertz CT molecular complexity index is 836. The Balaban J connectivity index is 1.95. The summed E-state index contributed by atoms with van der Waals surface area (Å²) in [6.45, 7) is 1.90. The summed E-state index contributed by atoms with van der Waals surface area (Å²) in [6, 6.07) is 15.9. The van der Waals surface area contributed by atoms with Crippen molar-refractivity contribution in [1.82, 2.24) is 0 Å². The number of halogens is 1. The van der Waals surface area contributed by atoms with Gasteiger partial charge in [0.25, 0.3) is 0 Å². The van der Waals surface area contributed by atoms with Crippen LogP contribution in [0, 0.1) is 24.2 Å². The zero-order valence-electron chi connectivity index (χ0n) is 11.9. The molecule has 0 bridgehead atoms. The number of rotatable bonds is 3. The molecule has 1 saturated carbocycles. The maximum absolute atomic E-state index is 12.7. The molecule has 5 heteroatoms. The number of sulfone groups is 1. The third kappa shape index (κ3) is 2.51. The van der Waals surface area contributed by atoms with E-state index >= 15 is 0 Å². The fraction of sp³-hybridized carbons (Fsp3) is 0.235. The highest BCUT2D eigenvalue weighted by atomic mass is 35.5. The molecule has 1 aliphatic carbocycles. The standard InChI is InChI=1S/C17H14ClNO2S/c1-11-2-8-14(9-3-11)22(20,21)17-15(10-19)16(17)12-4-6-13(18)7-5-12/h2-9,15-17H,1H3/t15-,16-,17-/m0/s1. The van der Waals surface area contributed by atoms with Crippen LogP contribution in [-0.2, 0) is 9.84 Å². The predicted octanol–water partition coefficient (Wildman–Crippen LogP) is 3.73. The first-order chi connectivity index (χ1) is 10.4. The van der Waals surface area contributed by atoms with Gasteiger partial charge in [-0.2, -0.15) is 5.26 Å². The maximum Gasteiger partial charge on any atom is 0.183 e. The van der Waals surface area contributed by atoms with Crippen molar-refractivity contribution in [2.24, 2.45) is 5.92 Å². The normalized spacial score (nSPS) is 23.8.